The summed E-state index contributed by atoms with van der Waals surface area (Å²) < 4.78 is 2.68. The molecule has 5 nitrogen and oxygen atoms in total. The summed E-state index contributed by atoms with van der Waals surface area (Å²) in [6.07, 6.45) is 1.69. The molecule has 3 aromatic rings. The van der Waals surface area contributed by atoms with E-state index in [9.17, 15) is 14.9 Å². The third kappa shape index (κ3) is 2.75. The number of hydrogen-bond donors (Lipinski definition) is 0. The number of aromatic nitrogens is 1. The number of halogens is 1. The summed E-state index contributed by atoms with van der Waals surface area (Å²) in [6.45, 7) is 0. The van der Waals surface area contributed by atoms with Crippen LogP contribution in [0.15, 0.2) is 39.6 Å². The van der Waals surface area contributed by atoms with Gasteiger partial charge in [0.15, 0.2) is 0 Å². The lowest BCUT2D eigenvalue weighted by Gasteiger charge is -2.01. The number of nitriles is 1. The van der Waals surface area contributed by atoms with Crippen LogP contribution in [0.4, 0.5) is 0 Å². The topological polar surface area (TPSA) is 65.6 Å². The molecule has 0 atom stereocenters. The molecule has 7 heteroatoms. The lowest BCUT2D eigenvalue weighted by Crippen LogP contribution is -2.27. The first-order chi connectivity index (χ1) is 11.4. The van der Waals surface area contributed by atoms with E-state index in [1.807, 2.05) is 14.1 Å². The minimum absolute atomic E-state index is 0.212. The molecule has 0 saturated carbocycles. The molecular weight excluding hydrogens is 390 g/mol. The van der Waals surface area contributed by atoms with Gasteiger partial charge < -0.3 is 4.90 Å². The summed E-state index contributed by atoms with van der Waals surface area (Å²) in [5, 5.41) is 9.32. The van der Waals surface area contributed by atoms with Gasteiger partial charge in [-0.2, -0.15) is 5.26 Å². The first kappa shape index (κ1) is 16.4. The number of thiazole rings is 1. The van der Waals surface area contributed by atoms with E-state index in [0.29, 0.717) is 20.5 Å². The highest BCUT2D eigenvalue weighted by Gasteiger charge is 2.21. The fraction of sp³-hybridized carbons (Fsp3) is 0.118. The fourth-order valence-electron chi connectivity index (χ4n) is 2.37. The maximum Gasteiger partial charge on any atom is 0.275 e. The van der Waals surface area contributed by atoms with Crippen molar-refractivity contribution < 1.29 is 4.79 Å². The van der Waals surface area contributed by atoms with Crippen molar-refractivity contribution in [3.8, 4) is 6.07 Å². The molecule has 0 saturated heterocycles. The highest BCUT2D eigenvalue weighted by atomic mass is 79.9. The van der Waals surface area contributed by atoms with Gasteiger partial charge in [0.2, 0.25) is 5.78 Å². The molecule has 0 fully saturated rings. The van der Waals surface area contributed by atoms with Crippen LogP contribution < -0.4 is 10.1 Å². The van der Waals surface area contributed by atoms with Gasteiger partial charge in [-0.15, -0.1) is 11.3 Å². The van der Waals surface area contributed by atoms with E-state index in [1.165, 1.54) is 21.8 Å². The third-order valence-electron chi connectivity index (χ3n) is 3.41. The van der Waals surface area contributed by atoms with Crippen molar-refractivity contribution >= 4 is 44.1 Å². The lowest BCUT2D eigenvalue weighted by atomic mass is 10.1. The van der Waals surface area contributed by atoms with Crippen LogP contribution in [0.5, 0.6) is 0 Å². The van der Waals surface area contributed by atoms with Gasteiger partial charge >= 0.3 is 0 Å². The number of rotatable bonds is 3. The van der Waals surface area contributed by atoms with Crippen LogP contribution >= 0.6 is 27.3 Å². The fourth-order valence-corrected chi connectivity index (χ4v) is 3.77. The Bertz CT molecular complexity index is 1090. The van der Waals surface area contributed by atoms with E-state index in [-0.39, 0.29) is 17.0 Å². The zero-order valence-corrected chi connectivity index (χ0v) is 15.3. The molecule has 120 valence electrons. The van der Waals surface area contributed by atoms with Crippen LogP contribution in [0, 0.1) is 11.3 Å². The van der Waals surface area contributed by atoms with Crippen molar-refractivity contribution in [2.45, 2.75) is 0 Å². The average Bonchev–Trinajstić information content (AvgIpc) is 3.05. The summed E-state index contributed by atoms with van der Waals surface area (Å²) in [4.78, 5) is 27.7. The molecule has 24 heavy (non-hydrogen) atoms. The van der Waals surface area contributed by atoms with Crippen molar-refractivity contribution in [2.24, 2.45) is 0 Å². The van der Waals surface area contributed by atoms with Crippen LogP contribution in [-0.4, -0.2) is 29.2 Å². The Kier molecular flexibility index (Phi) is 4.26. The standard InChI is InChI=1S/C17H12BrN3O2S/c1-20(2)9-14-16(23)21-13(7-11(8-19)17(21)24-14)15(22)10-3-5-12(18)6-4-10/h3-7,9H,1-2H3/b14-9+. The molecule has 0 aliphatic rings. The van der Waals surface area contributed by atoms with Crippen LogP contribution in [0.2, 0.25) is 0 Å². The average molecular weight is 402 g/mol. The van der Waals surface area contributed by atoms with Gasteiger partial charge in [0.05, 0.1) is 11.3 Å². The van der Waals surface area contributed by atoms with Gasteiger partial charge in [-0.1, -0.05) is 15.9 Å². The van der Waals surface area contributed by atoms with Crippen LogP contribution in [0.25, 0.3) is 11.0 Å². The van der Waals surface area contributed by atoms with Gasteiger partial charge in [0.25, 0.3) is 5.56 Å². The lowest BCUT2D eigenvalue weighted by molar-refractivity contribution is 0.103. The number of ketones is 1. The van der Waals surface area contributed by atoms with Crippen molar-refractivity contribution in [3.63, 3.8) is 0 Å². The second-order valence-electron chi connectivity index (χ2n) is 5.40. The summed E-state index contributed by atoms with van der Waals surface area (Å²) >= 11 is 4.54. The van der Waals surface area contributed by atoms with Gasteiger partial charge in [-0.25, -0.2) is 0 Å². The Hall–Kier alpha value is -2.43. The molecule has 0 bridgehead atoms. The molecule has 2 heterocycles. The van der Waals surface area contributed by atoms with Gasteiger partial charge in [0, 0.05) is 30.3 Å². The summed E-state index contributed by atoms with van der Waals surface area (Å²) in [7, 11) is 3.63. The first-order valence-electron chi connectivity index (χ1n) is 6.99. The van der Waals surface area contributed by atoms with E-state index in [2.05, 4.69) is 22.0 Å². The molecule has 0 amide bonds. The minimum Gasteiger partial charge on any atom is -0.382 e. The van der Waals surface area contributed by atoms with Crippen LogP contribution in [-0.2, 0) is 0 Å². The predicted octanol–water partition coefficient (Wildman–Crippen LogP) is 2.24. The number of hydrogen-bond acceptors (Lipinski definition) is 5. The van der Waals surface area contributed by atoms with Gasteiger partial charge in [0.1, 0.15) is 15.4 Å². The van der Waals surface area contributed by atoms with E-state index in [1.54, 1.807) is 35.4 Å². The highest BCUT2D eigenvalue weighted by molar-refractivity contribution is 9.10. The first-order valence-corrected chi connectivity index (χ1v) is 8.60. The van der Waals surface area contributed by atoms with Crippen LogP contribution in [0.1, 0.15) is 21.6 Å². The number of carbonyl (C=O) groups excluding carboxylic acids is 1. The summed E-state index contributed by atoms with van der Waals surface area (Å²) in [6, 6.07) is 10.4. The Balaban J connectivity index is 2.27. The highest BCUT2D eigenvalue weighted by Crippen LogP contribution is 2.20. The zero-order valence-electron chi connectivity index (χ0n) is 12.9. The molecule has 3 rings (SSSR count). The van der Waals surface area contributed by atoms with Crippen molar-refractivity contribution in [2.75, 3.05) is 14.1 Å². The van der Waals surface area contributed by atoms with Crippen molar-refractivity contribution in [1.82, 2.24) is 9.30 Å². The predicted molar refractivity (Wildman–Crippen MR) is 97.2 cm³/mol. The van der Waals surface area contributed by atoms with Crippen molar-refractivity contribution in [1.29, 1.82) is 5.26 Å². The Morgan fingerprint density at radius 1 is 1.33 bits per heavy atom. The van der Waals surface area contributed by atoms with Gasteiger partial charge in [-0.3, -0.25) is 14.0 Å². The zero-order chi connectivity index (χ0) is 17.4. The molecule has 2 aromatic heterocycles. The number of carbonyl (C=O) groups is 1. The third-order valence-corrected chi connectivity index (χ3v) is 5.04. The maximum absolute atomic E-state index is 12.8. The Labute approximate surface area is 150 Å². The quantitative estimate of drug-likeness (QED) is 0.631. The van der Waals surface area contributed by atoms with Gasteiger partial charge in [-0.05, 0) is 30.3 Å². The second kappa shape index (κ2) is 6.23. The number of fused-ring (bicyclic) bond motifs is 1. The Morgan fingerprint density at radius 3 is 2.58 bits per heavy atom. The van der Waals surface area contributed by atoms with E-state index in [0.717, 1.165) is 4.47 Å². The normalized spacial score (nSPS) is 11.7. The van der Waals surface area contributed by atoms with E-state index in [4.69, 9.17) is 0 Å². The molecule has 1 aromatic carbocycles. The Morgan fingerprint density at radius 2 is 2.00 bits per heavy atom. The number of benzene rings is 1. The number of nitrogens with zero attached hydrogens (tertiary/aromatic N) is 3. The minimum atomic E-state index is -0.287. The molecule has 0 unspecified atom stereocenters. The largest absolute Gasteiger partial charge is 0.382 e. The van der Waals surface area contributed by atoms with E-state index < -0.39 is 0 Å². The molecule has 0 spiro atoms. The summed E-state index contributed by atoms with van der Waals surface area (Å²) in [5.41, 5.74) is 0.719. The second-order valence-corrected chi connectivity index (χ2v) is 7.34. The summed E-state index contributed by atoms with van der Waals surface area (Å²) in [5.74, 6) is -0.287. The van der Waals surface area contributed by atoms with Crippen LogP contribution in [0.3, 0.4) is 0 Å². The smallest absolute Gasteiger partial charge is 0.275 e. The molecule has 0 radical (unpaired) electrons. The van der Waals surface area contributed by atoms with E-state index >= 15 is 0 Å². The monoisotopic (exact) mass is 401 g/mol. The SMILES string of the molecule is CN(C)/C=c1/sc2c(C#N)cc(C(=O)c3ccc(Br)cc3)n2c1=O. The molecule has 0 aliphatic carbocycles. The molecule has 0 N–H and O–H groups in total. The molecular formula is C17H12BrN3O2S. The molecule has 0 aliphatic heterocycles. The maximum atomic E-state index is 12.8. The van der Waals surface area contributed by atoms with Crippen molar-refractivity contribution in [3.05, 3.63) is 66.5 Å².